The van der Waals surface area contributed by atoms with Crippen LogP contribution in [0.1, 0.15) is 34.8 Å². The van der Waals surface area contributed by atoms with Gasteiger partial charge >= 0.3 is 5.66 Å². The van der Waals surface area contributed by atoms with Gasteiger partial charge in [0.15, 0.2) is 0 Å². The standard InChI is InChI=1S/C19H19BrF2N3O4PS/c1-3-28-30(29-4-2)19(21,22)17-15(20)13-8-11(9-14(26)16(13)31-17)18(27)23-10-12-6-5-7-24-25-12/h5-9,26H,3-4,10H2,1-2H3,(H,23,27). The number of rotatable bonds is 9. The molecule has 0 aliphatic rings. The number of carbonyl (C=O) groups is 1. The third-order valence-electron chi connectivity index (χ3n) is 4.02. The van der Waals surface area contributed by atoms with Crippen molar-refractivity contribution in [1.29, 1.82) is 0 Å². The Bertz CT molecular complexity index is 1070. The fourth-order valence-corrected chi connectivity index (χ4v) is 6.25. The molecule has 12 heteroatoms. The van der Waals surface area contributed by atoms with Gasteiger partial charge in [-0.15, -0.1) is 11.3 Å². The number of aromatic hydroxyl groups is 1. The maximum absolute atomic E-state index is 15.2. The molecule has 166 valence electrons. The van der Waals surface area contributed by atoms with E-state index >= 15 is 8.78 Å². The lowest BCUT2D eigenvalue weighted by molar-refractivity contribution is 0.0600. The van der Waals surface area contributed by atoms with E-state index in [4.69, 9.17) is 9.05 Å². The van der Waals surface area contributed by atoms with Crippen LogP contribution >= 0.6 is 35.6 Å². The molecule has 1 aromatic carbocycles. The topological polar surface area (TPSA) is 93.6 Å². The van der Waals surface area contributed by atoms with Gasteiger partial charge < -0.3 is 19.5 Å². The van der Waals surface area contributed by atoms with Gasteiger partial charge in [0.2, 0.25) is 0 Å². The number of alkyl halides is 2. The van der Waals surface area contributed by atoms with E-state index in [1.54, 1.807) is 26.0 Å². The predicted octanol–water partition coefficient (Wildman–Crippen LogP) is 5.52. The second kappa shape index (κ2) is 10.2. The van der Waals surface area contributed by atoms with Crippen molar-refractivity contribution in [3.63, 3.8) is 0 Å². The highest BCUT2D eigenvalue weighted by Crippen LogP contribution is 2.63. The van der Waals surface area contributed by atoms with Gasteiger partial charge in [-0.05, 0) is 54.0 Å². The zero-order valence-corrected chi connectivity index (χ0v) is 19.9. The highest BCUT2D eigenvalue weighted by atomic mass is 79.9. The third-order valence-corrected chi connectivity index (χ3v) is 8.23. The quantitative estimate of drug-likeness (QED) is 0.351. The van der Waals surface area contributed by atoms with Crippen molar-refractivity contribution < 1.29 is 27.7 Å². The van der Waals surface area contributed by atoms with Crippen LogP contribution in [0.5, 0.6) is 5.75 Å². The molecular weight excluding hydrogens is 515 g/mol. The van der Waals surface area contributed by atoms with Crippen molar-refractivity contribution in [2.45, 2.75) is 26.1 Å². The molecule has 3 aromatic rings. The maximum atomic E-state index is 15.2. The summed E-state index contributed by atoms with van der Waals surface area (Å²) in [5.41, 5.74) is -2.73. The average Bonchev–Trinajstić information content (AvgIpc) is 3.10. The van der Waals surface area contributed by atoms with Crippen molar-refractivity contribution in [2.24, 2.45) is 0 Å². The van der Waals surface area contributed by atoms with E-state index in [1.807, 2.05) is 0 Å². The number of halogens is 3. The minimum absolute atomic E-state index is 0.0746. The lowest BCUT2D eigenvalue weighted by atomic mass is 10.1. The summed E-state index contributed by atoms with van der Waals surface area (Å²) in [6.07, 6.45) is 1.52. The molecular formula is C19H19BrF2N3O4PS. The number of phenolic OH excluding ortho intramolecular Hbond substituents is 1. The molecule has 0 unspecified atom stereocenters. The number of aromatic nitrogens is 2. The number of amides is 1. The van der Waals surface area contributed by atoms with Gasteiger partial charge in [-0.1, -0.05) is 0 Å². The zero-order chi connectivity index (χ0) is 22.6. The maximum Gasteiger partial charge on any atom is 0.349 e. The molecule has 0 aliphatic heterocycles. The van der Waals surface area contributed by atoms with Crippen LogP contribution in [0.4, 0.5) is 8.78 Å². The summed E-state index contributed by atoms with van der Waals surface area (Å²) in [7, 11) is -2.52. The van der Waals surface area contributed by atoms with Crippen molar-refractivity contribution in [2.75, 3.05) is 13.2 Å². The summed E-state index contributed by atoms with van der Waals surface area (Å²) in [4.78, 5) is 12.2. The first kappa shape index (κ1) is 23.9. The number of hydrogen-bond donors (Lipinski definition) is 2. The Balaban J connectivity index is 1.93. The van der Waals surface area contributed by atoms with Crippen LogP contribution in [0.25, 0.3) is 10.1 Å². The lowest BCUT2D eigenvalue weighted by Crippen LogP contribution is -2.23. The van der Waals surface area contributed by atoms with Gasteiger partial charge in [0.05, 0.1) is 35.0 Å². The molecule has 0 saturated heterocycles. The van der Waals surface area contributed by atoms with E-state index in [2.05, 4.69) is 31.4 Å². The van der Waals surface area contributed by atoms with Gasteiger partial charge in [0, 0.05) is 21.6 Å². The molecule has 31 heavy (non-hydrogen) atoms. The zero-order valence-electron chi connectivity index (χ0n) is 16.6. The first-order valence-corrected chi connectivity index (χ1v) is 12.0. The summed E-state index contributed by atoms with van der Waals surface area (Å²) in [6, 6.07) is 6.08. The Morgan fingerprint density at radius 1 is 1.32 bits per heavy atom. The number of nitrogens with one attached hydrogen (secondary N) is 1. The molecule has 0 saturated carbocycles. The molecule has 2 heterocycles. The highest BCUT2D eigenvalue weighted by molar-refractivity contribution is 9.10. The SMILES string of the molecule is CCOP(OCC)C(F)(F)c1sc2c(O)cc(C(=O)NCc3cccnn3)cc2c1Br. The molecule has 0 radical (unpaired) electrons. The molecule has 7 nitrogen and oxygen atoms in total. The van der Waals surface area contributed by atoms with Gasteiger partial charge in [-0.3, -0.25) is 4.79 Å². The Labute approximate surface area is 190 Å². The fourth-order valence-electron chi connectivity index (χ4n) is 2.69. The Hall–Kier alpha value is -1.78. The molecule has 0 fully saturated rings. The van der Waals surface area contributed by atoms with Gasteiger partial charge in [-0.25, -0.2) is 0 Å². The molecule has 2 aromatic heterocycles. The highest BCUT2D eigenvalue weighted by Gasteiger charge is 2.48. The number of carbonyl (C=O) groups excluding carboxylic acids is 1. The number of phenols is 1. The summed E-state index contributed by atoms with van der Waals surface area (Å²) in [5, 5.41) is 21.0. The van der Waals surface area contributed by atoms with Crippen molar-refractivity contribution in [1.82, 2.24) is 15.5 Å². The first-order valence-electron chi connectivity index (χ1n) is 9.23. The summed E-state index contributed by atoms with van der Waals surface area (Å²) in [6.45, 7) is 3.51. The van der Waals surface area contributed by atoms with E-state index in [0.29, 0.717) is 11.1 Å². The Morgan fingerprint density at radius 2 is 2.03 bits per heavy atom. The fraction of sp³-hybridized carbons (Fsp3) is 0.316. The van der Waals surface area contributed by atoms with Crippen molar-refractivity contribution in [3.8, 4) is 5.75 Å². The number of fused-ring (bicyclic) bond motifs is 1. The third kappa shape index (κ3) is 5.18. The van der Waals surface area contributed by atoms with Crippen LogP contribution in [0.3, 0.4) is 0 Å². The molecule has 0 spiro atoms. The minimum atomic E-state index is -3.41. The minimum Gasteiger partial charge on any atom is -0.506 e. The normalized spacial score (nSPS) is 11.9. The van der Waals surface area contributed by atoms with E-state index in [1.165, 1.54) is 18.3 Å². The van der Waals surface area contributed by atoms with Crippen LogP contribution in [0.2, 0.25) is 0 Å². The Morgan fingerprint density at radius 3 is 2.65 bits per heavy atom. The summed E-state index contributed by atoms with van der Waals surface area (Å²) >= 11 is 3.95. The van der Waals surface area contributed by atoms with E-state index in [0.717, 1.165) is 11.3 Å². The van der Waals surface area contributed by atoms with E-state index in [-0.39, 0.29) is 45.1 Å². The smallest absolute Gasteiger partial charge is 0.349 e. The number of hydrogen-bond acceptors (Lipinski definition) is 7. The number of benzene rings is 1. The molecule has 0 aliphatic carbocycles. The van der Waals surface area contributed by atoms with Crippen LogP contribution < -0.4 is 5.32 Å². The number of nitrogens with zero attached hydrogens (tertiary/aromatic N) is 2. The lowest BCUT2D eigenvalue weighted by Gasteiger charge is -2.24. The van der Waals surface area contributed by atoms with Gasteiger partial charge in [0.25, 0.3) is 14.3 Å². The van der Waals surface area contributed by atoms with Crippen LogP contribution in [0.15, 0.2) is 34.9 Å². The monoisotopic (exact) mass is 533 g/mol. The second-order valence-electron chi connectivity index (χ2n) is 6.15. The molecule has 3 rings (SSSR count). The molecule has 1 amide bonds. The first-order chi connectivity index (χ1) is 14.8. The average molecular weight is 534 g/mol. The van der Waals surface area contributed by atoms with Crippen LogP contribution in [-0.2, 0) is 21.3 Å². The molecule has 0 bridgehead atoms. The number of thiophene rings is 1. The van der Waals surface area contributed by atoms with Crippen molar-refractivity contribution in [3.05, 3.63) is 51.1 Å². The predicted molar refractivity (Wildman–Crippen MR) is 118 cm³/mol. The molecule has 2 N–H and O–H groups in total. The largest absolute Gasteiger partial charge is 0.506 e. The van der Waals surface area contributed by atoms with E-state index < -0.39 is 19.9 Å². The van der Waals surface area contributed by atoms with Gasteiger partial charge in [0.1, 0.15) is 5.75 Å². The van der Waals surface area contributed by atoms with Crippen molar-refractivity contribution >= 4 is 51.6 Å². The molecule has 0 atom stereocenters. The Kier molecular flexibility index (Phi) is 7.87. The van der Waals surface area contributed by atoms with Crippen LogP contribution in [-0.4, -0.2) is 34.4 Å². The second-order valence-corrected chi connectivity index (χ2v) is 9.55. The van der Waals surface area contributed by atoms with E-state index in [9.17, 15) is 9.90 Å². The summed E-state index contributed by atoms with van der Waals surface area (Å²) < 4.78 is 41.0. The summed E-state index contributed by atoms with van der Waals surface area (Å²) in [5.74, 6) is -0.757. The van der Waals surface area contributed by atoms with Gasteiger partial charge in [-0.2, -0.15) is 19.0 Å². The van der Waals surface area contributed by atoms with Crippen LogP contribution in [0, 0.1) is 0 Å².